The molecule has 0 saturated carbocycles. The Morgan fingerprint density at radius 1 is 1.16 bits per heavy atom. The van der Waals surface area contributed by atoms with Crippen LogP contribution in [0.3, 0.4) is 0 Å². The lowest BCUT2D eigenvalue weighted by atomic mass is 9.96. The van der Waals surface area contributed by atoms with Gasteiger partial charge in [0.2, 0.25) is 6.29 Å². The van der Waals surface area contributed by atoms with Gasteiger partial charge in [-0.15, -0.1) is 0 Å². The van der Waals surface area contributed by atoms with Crippen molar-refractivity contribution in [3.63, 3.8) is 0 Å². The van der Waals surface area contributed by atoms with Gasteiger partial charge in [0.15, 0.2) is 0 Å². The maximum absolute atomic E-state index is 12.2. The van der Waals surface area contributed by atoms with Gasteiger partial charge in [0.25, 0.3) is 0 Å². The van der Waals surface area contributed by atoms with Crippen LogP contribution in [0.4, 0.5) is 0 Å². The van der Waals surface area contributed by atoms with Crippen molar-refractivity contribution in [2.24, 2.45) is 5.92 Å². The average Bonchev–Trinajstić information content (AvgIpc) is 2.76. The maximum Gasteiger partial charge on any atom is 0.308 e. The van der Waals surface area contributed by atoms with Crippen molar-refractivity contribution in [1.82, 2.24) is 0 Å². The zero-order valence-corrected chi connectivity index (χ0v) is 15.4. The van der Waals surface area contributed by atoms with Crippen molar-refractivity contribution in [2.45, 2.75) is 64.1 Å². The van der Waals surface area contributed by atoms with Crippen LogP contribution in [0.2, 0.25) is 0 Å². The number of ether oxygens (including phenoxy) is 5. The number of esters is 1. The minimum absolute atomic E-state index is 0.0623. The summed E-state index contributed by atoms with van der Waals surface area (Å²) in [5, 5.41) is 0. The largest absolute Gasteiger partial charge is 0.466 e. The van der Waals surface area contributed by atoms with Crippen molar-refractivity contribution >= 4 is 5.97 Å². The summed E-state index contributed by atoms with van der Waals surface area (Å²) in [5.74, 6) is -0.271. The second-order valence-electron chi connectivity index (χ2n) is 6.56. The molecule has 2 saturated heterocycles. The van der Waals surface area contributed by atoms with E-state index in [-0.39, 0.29) is 24.1 Å². The first kappa shape index (κ1) is 20.6. The lowest BCUT2D eigenvalue weighted by molar-refractivity contribution is -0.149. The predicted octanol–water partition coefficient (Wildman–Crippen LogP) is 3.05. The highest BCUT2D eigenvalue weighted by atomic mass is 16.7. The number of hydrogen-bond donors (Lipinski definition) is 0. The summed E-state index contributed by atoms with van der Waals surface area (Å²) in [5.41, 5.74) is 0. The van der Waals surface area contributed by atoms with Gasteiger partial charge < -0.3 is 23.7 Å². The van der Waals surface area contributed by atoms with Crippen LogP contribution in [-0.4, -0.2) is 51.2 Å². The molecule has 2 heterocycles. The summed E-state index contributed by atoms with van der Waals surface area (Å²) in [6.07, 6.45) is 5.81. The summed E-state index contributed by atoms with van der Waals surface area (Å²) in [6.45, 7) is 8.49. The topological polar surface area (TPSA) is 63.2 Å². The van der Waals surface area contributed by atoms with Crippen molar-refractivity contribution in [2.75, 3.05) is 33.0 Å². The standard InChI is InChI=1S/C19H32O6/c1-3-5-6-15(19(20)23-4-2)7-8-18-24-16-9-11-21-14-17(25-18)10-12-22-13-16/h15-17H,1,3-14H2,2H3. The predicted molar refractivity (Wildman–Crippen MR) is 92.4 cm³/mol. The summed E-state index contributed by atoms with van der Waals surface area (Å²) in [6, 6.07) is 0. The molecule has 25 heavy (non-hydrogen) atoms. The molecule has 2 aliphatic heterocycles. The molecule has 3 atom stereocenters. The van der Waals surface area contributed by atoms with Crippen molar-refractivity contribution < 1.29 is 28.5 Å². The van der Waals surface area contributed by atoms with Gasteiger partial charge in [-0.05, 0) is 32.6 Å². The molecular formula is C19H32O6. The normalized spacial score (nSPS) is 26.8. The van der Waals surface area contributed by atoms with E-state index in [1.165, 1.54) is 0 Å². The van der Waals surface area contributed by atoms with Gasteiger partial charge in [-0.3, -0.25) is 4.79 Å². The van der Waals surface area contributed by atoms with Crippen LogP contribution in [0.25, 0.3) is 0 Å². The van der Waals surface area contributed by atoms with Gasteiger partial charge in [-0.2, -0.15) is 0 Å². The molecule has 0 spiro atoms. The van der Waals surface area contributed by atoms with E-state index < -0.39 is 0 Å². The fourth-order valence-electron chi connectivity index (χ4n) is 3.05. The van der Waals surface area contributed by atoms with Crippen LogP contribution in [0.15, 0.2) is 0 Å². The molecule has 6 heteroatoms. The molecule has 6 nitrogen and oxygen atoms in total. The number of carbonyl (C=O) groups is 1. The second kappa shape index (κ2) is 11.8. The van der Waals surface area contributed by atoms with Crippen LogP contribution in [0, 0.1) is 19.1 Å². The summed E-state index contributed by atoms with van der Waals surface area (Å²) in [4.78, 5) is 12.2. The highest BCUT2D eigenvalue weighted by molar-refractivity contribution is 5.72. The lowest BCUT2D eigenvalue weighted by Gasteiger charge is -2.24. The highest BCUT2D eigenvalue weighted by Crippen LogP contribution is 2.27. The number of unbranched alkanes of at least 4 members (excludes halogenated alkanes) is 1. The Balaban J connectivity index is 1.93. The SMILES string of the molecule is [CH2]CCCC(CC[C]1OC2CCOCC(CCOC2)O1)C(=O)OCC. The smallest absolute Gasteiger partial charge is 0.308 e. The number of fused-ring (bicyclic) bond motifs is 4. The van der Waals surface area contributed by atoms with Gasteiger partial charge in [0, 0.05) is 19.6 Å². The highest BCUT2D eigenvalue weighted by Gasteiger charge is 2.29. The Kier molecular flexibility index (Phi) is 9.76. The van der Waals surface area contributed by atoms with Gasteiger partial charge in [0.05, 0.1) is 37.9 Å². The zero-order chi connectivity index (χ0) is 17.9. The van der Waals surface area contributed by atoms with Crippen molar-refractivity contribution in [3.8, 4) is 0 Å². The van der Waals surface area contributed by atoms with E-state index in [0.717, 1.165) is 32.1 Å². The molecular weight excluding hydrogens is 324 g/mol. The number of hydrogen-bond acceptors (Lipinski definition) is 6. The molecule has 3 unspecified atom stereocenters. The molecule has 0 aromatic rings. The molecule has 2 rings (SSSR count). The summed E-state index contributed by atoms with van der Waals surface area (Å²) >= 11 is 0. The van der Waals surface area contributed by atoms with Crippen LogP contribution in [0.5, 0.6) is 0 Å². The molecule has 144 valence electrons. The van der Waals surface area contributed by atoms with E-state index in [2.05, 4.69) is 6.92 Å². The Labute approximate surface area is 151 Å². The minimum Gasteiger partial charge on any atom is -0.466 e. The second-order valence-corrected chi connectivity index (χ2v) is 6.56. The van der Waals surface area contributed by atoms with Crippen molar-refractivity contribution in [3.05, 3.63) is 13.2 Å². The van der Waals surface area contributed by atoms with E-state index in [1.807, 2.05) is 6.92 Å². The molecule has 2 radical (unpaired) electrons. The Morgan fingerprint density at radius 2 is 1.80 bits per heavy atom. The quantitative estimate of drug-likeness (QED) is 0.623. The van der Waals surface area contributed by atoms with E-state index in [0.29, 0.717) is 52.2 Å². The zero-order valence-electron chi connectivity index (χ0n) is 15.4. The first-order valence-electron chi connectivity index (χ1n) is 9.53. The molecule has 0 aromatic heterocycles. The minimum atomic E-state index is -0.136. The van der Waals surface area contributed by atoms with Gasteiger partial charge in [-0.25, -0.2) is 0 Å². The van der Waals surface area contributed by atoms with Crippen LogP contribution < -0.4 is 0 Å². The third-order valence-electron chi connectivity index (χ3n) is 4.49. The first-order valence-corrected chi connectivity index (χ1v) is 9.53. The molecule has 0 aliphatic carbocycles. The molecule has 0 N–H and O–H groups in total. The molecule has 0 aromatic carbocycles. The third-order valence-corrected chi connectivity index (χ3v) is 4.49. The molecule has 2 aliphatic rings. The number of rotatable bonds is 8. The van der Waals surface area contributed by atoms with E-state index in [9.17, 15) is 4.79 Å². The fraction of sp³-hybridized carbons (Fsp3) is 0.842. The Bertz CT molecular complexity index is 345. The van der Waals surface area contributed by atoms with Gasteiger partial charge in [0.1, 0.15) is 0 Å². The van der Waals surface area contributed by atoms with E-state index >= 15 is 0 Å². The van der Waals surface area contributed by atoms with Crippen molar-refractivity contribution in [1.29, 1.82) is 0 Å². The average molecular weight is 356 g/mol. The maximum atomic E-state index is 12.2. The summed E-state index contributed by atoms with van der Waals surface area (Å²) in [7, 11) is 0. The van der Waals surface area contributed by atoms with Crippen LogP contribution in [0.1, 0.15) is 51.9 Å². The number of carbonyl (C=O) groups excluding carboxylic acids is 1. The van der Waals surface area contributed by atoms with Gasteiger partial charge >= 0.3 is 5.97 Å². The summed E-state index contributed by atoms with van der Waals surface area (Å²) < 4.78 is 28.6. The monoisotopic (exact) mass is 356 g/mol. The fourth-order valence-corrected chi connectivity index (χ4v) is 3.05. The molecule has 2 bridgehead atoms. The van der Waals surface area contributed by atoms with Gasteiger partial charge in [-0.1, -0.05) is 19.8 Å². The van der Waals surface area contributed by atoms with E-state index in [1.54, 1.807) is 0 Å². The first-order chi connectivity index (χ1) is 12.2. The van der Waals surface area contributed by atoms with Crippen LogP contribution in [-0.2, 0) is 28.5 Å². The lowest BCUT2D eigenvalue weighted by Crippen LogP contribution is -2.26. The van der Waals surface area contributed by atoms with Crippen LogP contribution >= 0.6 is 0 Å². The van der Waals surface area contributed by atoms with E-state index in [4.69, 9.17) is 23.7 Å². The third kappa shape index (κ3) is 7.60. The Morgan fingerprint density at radius 3 is 2.36 bits per heavy atom. The Hall–Kier alpha value is -0.690. The molecule has 2 fully saturated rings. The molecule has 0 amide bonds.